The summed E-state index contributed by atoms with van der Waals surface area (Å²) in [5.74, 6) is -1.16. The lowest BCUT2D eigenvalue weighted by molar-refractivity contribution is -0.136. The van der Waals surface area contributed by atoms with Crippen molar-refractivity contribution in [1.29, 1.82) is 0 Å². The summed E-state index contributed by atoms with van der Waals surface area (Å²) < 4.78 is 0. The van der Waals surface area contributed by atoms with E-state index in [2.05, 4.69) is 20.5 Å². The highest BCUT2D eigenvalue weighted by molar-refractivity contribution is 6.23. The van der Waals surface area contributed by atoms with Crippen LogP contribution in [0.3, 0.4) is 0 Å². The Morgan fingerprint density at radius 3 is 2.73 bits per heavy atom. The van der Waals surface area contributed by atoms with E-state index in [1.54, 1.807) is 18.3 Å². The van der Waals surface area contributed by atoms with Crippen LogP contribution >= 0.6 is 0 Å². The number of anilines is 2. The van der Waals surface area contributed by atoms with Crippen LogP contribution in [0.5, 0.6) is 0 Å². The first-order valence-corrected chi connectivity index (χ1v) is 9.81. The van der Waals surface area contributed by atoms with Crippen molar-refractivity contribution in [3.63, 3.8) is 0 Å². The van der Waals surface area contributed by atoms with E-state index < -0.39 is 23.8 Å². The standard InChI is InChI=1S/C21H19N5O4/c27-17-6-5-16(19(28)24-17)26-20(29)13-4-3-12(10-14(13)21(26)30)11-25-9-8-23-18-15(25)2-1-7-22-18/h1-4,7,10,16H,5-6,8-9,11H2,(H,22,23)(H,24,27,28). The zero-order valence-corrected chi connectivity index (χ0v) is 16.1. The maximum absolute atomic E-state index is 13.0. The van der Waals surface area contributed by atoms with E-state index in [0.717, 1.165) is 35.1 Å². The number of imide groups is 2. The van der Waals surface area contributed by atoms with Gasteiger partial charge in [0.15, 0.2) is 0 Å². The quantitative estimate of drug-likeness (QED) is 0.730. The molecule has 0 saturated carbocycles. The van der Waals surface area contributed by atoms with Gasteiger partial charge in [0, 0.05) is 32.3 Å². The van der Waals surface area contributed by atoms with Crippen LogP contribution in [-0.4, -0.2) is 52.6 Å². The van der Waals surface area contributed by atoms with Crippen LogP contribution in [-0.2, 0) is 16.1 Å². The van der Waals surface area contributed by atoms with Crippen molar-refractivity contribution < 1.29 is 19.2 Å². The second kappa shape index (κ2) is 6.94. The Balaban J connectivity index is 1.41. The first-order valence-electron chi connectivity index (χ1n) is 9.81. The molecule has 4 heterocycles. The van der Waals surface area contributed by atoms with Gasteiger partial charge in [0.2, 0.25) is 11.8 Å². The average molecular weight is 405 g/mol. The molecule has 0 bridgehead atoms. The molecule has 1 atom stereocenters. The van der Waals surface area contributed by atoms with Crippen LogP contribution in [0.25, 0.3) is 0 Å². The van der Waals surface area contributed by atoms with Crippen LogP contribution < -0.4 is 15.5 Å². The number of rotatable bonds is 3. The first kappa shape index (κ1) is 18.3. The molecule has 152 valence electrons. The van der Waals surface area contributed by atoms with Gasteiger partial charge < -0.3 is 10.2 Å². The van der Waals surface area contributed by atoms with E-state index in [-0.39, 0.29) is 24.3 Å². The number of amides is 4. The van der Waals surface area contributed by atoms with E-state index in [9.17, 15) is 19.2 Å². The number of piperidine rings is 1. The third-order valence-corrected chi connectivity index (χ3v) is 5.68. The third kappa shape index (κ3) is 2.90. The van der Waals surface area contributed by atoms with Crippen molar-refractivity contribution in [3.8, 4) is 0 Å². The number of carbonyl (C=O) groups is 4. The maximum Gasteiger partial charge on any atom is 0.262 e. The second-order valence-corrected chi connectivity index (χ2v) is 7.55. The highest BCUT2D eigenvalue weighted by Crippen LogP contribution is 2.31. The molecule has 1 unspecified atom stereocenters. The van der Waals surface area contributed by atoms with Crippen LogP contribution in [0.2, 0.25) is 0 Å². The molecule has 0 aliphatic carbocycles. The number of fused-ring (bicyclic) bond motifs is 2. The molecule has 1 aromatic heterocycles. The monoisotopic (exact) mass is 405 g/mol. The molecule has 1 fully saturated rings. The highest BCUT2D eigenvalue weighted by Gasteiger charge is 2.44. The van der Waals surface area contributed by atoms with Crippen molar-refractivity contribution in [2.45, 2.75) is 25.4 Å². The minimum Gasteiger partial charge on any atom is -0.367 e. The van der Waals surface area contributed by atoms with Crippen molar-refractivity contribution in [2.24, 2.45) is 0 Å². The molecule has 3 aliphatic heterocycles. The minimum absolute atomic E-state index is 0.103. The van der Waals surface area contributed by atoms with Crippen LogP contribution in [0.1, 0.15) is 39.1 Å². The zero-order valence-electron chi connectivity index (χ0n) is 16.1. The first-order chi connectivity index (χ1) is 14.5. The Hall–Kier alpha value is -3.75. The Morgan fingerprint density at radius 2 is 1.90 bits per heavy atom. The number of hydrogen-bond acceptors (Lipinski definition) is 7. The molecule has 0 radical (unpaired) electrons. The molecule has 9 nitrogen and oxygen atoms in total. The SMILES string of the molecule is O=C1CCC(N2C(=O)c3ccc(CN4CCNc5ncccc54)cc3C2=O)C(=O)N1. The summed E-state index contributed by atoms with van der Waals surface area (Å²) >= 11 is 0. The van der Waals surface area contributed by atoms with Crippen molar-refractivity contribution in [1.82, 2.24) is 15.2 Å². The number of nitrogens with one attached hydrogen (secondary N) is 2. The maximum atomic E-state index is 13.0. The largest absolute Gasteiger partial charge is 0.367 e. The number of hydrogen-bond donors (Lipinski definition) is 2. The Labute approximate surface area is 172 Å². The summed E-state index contributed by atoms with van der Waals surface area (Å²) in [7, 11) is 0. The van der Waals surface area contributed by atoms with Crippen molar-refractivity contribution in [2.75, 3.05) is 23.3 Å². The van der Waals surface area contributed by atoms with Gasteiger partial charge in [-0.1, -0.05) is 6.07 Å². The van der Waals surface area contributed by atoms with Gasteiger partial charge in [0.05, 0.1) is 16.8 Å². The van der Waals surface area contributed by atoms with E-state index in [1.165, 1.54) is 0 Å². The molecule has 2 aromatic rings. The van der Waals surface area contributed by atoms with Gasteiger partial charge in [0.25, 0.3) is 11.8 Å². The number of aromatic nitrogens is 1. The van der Waals surface area contributed by atoms with Gasteiger partial charge in [-0.3, -0.25) is 29.4 Å². The highest BCUT2D eigenvalue weighted by atomic mass is 16.2. The molecule has 1 aromatic carbocycles. The molecule has 0 spiro atoms. The normalized spacial score (nSPS) is 20.6. The van der Waals surface area contributed by atoms with Crippen molar-refractivity contribution >= 4 is 35.1 Å². The number of carbonyl (C=O) groups excluding carboxylic acids is 4. The molecule has 4 amide bonds. The Morgan fingerprint density at radius 1 is 1.07 bits per heavy atom. The van der Waals surface area contributed by atoms with Gasteiger partial charge in [-0.15, -0.1) is 0 Å². The van der Waals surface area contributed by atoms with Gasteiger partial charge in [0.1, 0.15) is 11.9 Å². The lowest BCUT2D eigenvalue weighted by atomic mass is 10.0. The van der Waals surface area contributed by atoms with Crippen LogP contribution in [0, 0.1) is 0 Å². The lowest BCUT2D eigenvalue weighted by Gasteiger charge is -2.31. The smallest absolute Gasteiger partial charge is 0.262 e. The van der Waals surface area contributed by atoms with E-state index in [4.69, 9.17) is 0 Å². The molecule has 5 rings (SSSR count). The van der Waals surface area contributed by atoms with Crippen LogP contribution in [0.4, 0.5) is 11.5 Å². The summed E-state index contributed by atoms with van der Waals surface area (Å²) in [5, 5.41) is 5.47. The topological polar surface area (TPSA) is 112 Å². The molecular formula is C21H19N5O4. The fraction of sp³-hybridized carbons (Fsp3) is 0.286. The molecule has 3 aliphatic rings. The van der Waals surface area contributed by atoms with Gasteiger partial charge in [-0.25, -0.2) is 4.98 Å². The fourth-order valence-corrected chi connectivity index (χ4v) is 4.22. The summed E-state index contributed by atoms with van der Waals surface area (Å²) in [6.45, 7) is 2.11. The number of nitrogens with zero attached hydrogens (tertiary/aromatic N) is 3. The summed E-state index contributed by atoms with van der Waals surface area (Å²) in [6, 6.07) is 8.10. The molecule has 30 heavy (non-hydrogen) atoms. The average Bonchev–Trinajstić information content (AvgIpc) is 2.99. The van der Waals surface area contributed by atoms with Gasteiger partial charge in [-0.05, 0) is 36.2 Å². The number of pyridine rings is 1. The van der Waals surface area contributed by atoms with E-state index in [0.29, 0.717) is 12.1 Å². The third-order valence-electron chi connectivity index (χ3n) is 5.68. The number of benzene rings is 1. The van der Waals surface area contributed by atoms with E-state index >= 15 is 0 Å². The fourth-order valence-electron chi connectivity index (χ4n) is 4.22. The van der Waals surface area contributed by atoms with Crippen LogP contribution in [0.15, 0.2) is 36.5 Å². The predicted octanol–water partition coefficient (Wildman–Crippen LogP) is 0.915. The molecular weight excluding hydrogens is 386 g/mol. The Kier molecular flexibility index (Phi) is 4.23. The van der Waals surface area contributed by atoms with Crippen molar-refractivity contribution in [3.05, 3.63) is 53.2 Å². The molecule has 2 N–H and O–H groups in total. The summed E-state index contributed by atoms with van der Waals surface area (Å²) in [4.78, 5) is 56.9. The second-order valence-electron chi connectivity index (χ2n) is 7.55. The van der Waals surface area contributed by atoms with E-state index in [1.807, 2.05) is 18.2 Å². The molecule has 1 saturated heterocycles. The summed E-state index contributed by atoms with van der Waals surface area (Å²) in [6.07, 6.45) is 1.98. The minimum atomic E-state index is -0.954. The summed E-state index contributed by atoms with van der Waals surface area (Å²) in [5.41, 5.74) is 2.45. The zero-order chi connectivity index (χ0) is 20.8. The molecule has 9 heteroatoms. The van der Waals surface area contributed by atoms with Gasteiger partial charge in [-0.2, -0.15) is 0 Å². The predicted molar refractivity (Wildman–Crippen MR) is 107 cm³/mol. The van der Waals surface area contributed by atoms with Gasteiger partial charge >= 0.3 is 0 Å². The Bertz CT molecular complexity index is 1100. The lowest BCUT2D eigenvalue weighted by Crippen LogP contribution is -2.54.